The van der Waals surface area contributed by atoms with E-state index >= 15 is 0 Å². The van der Waals surface area contributed by atoms with E-state index in [2.05, 4.69) is 25.8 Å². The molecule has 0 radical (unpaired) electrons. The second-order valence-corrected chi connectivity index (χ2v) is 4.34. The molecule has 0 aromatic carbocycles. The fourth-order valence-electron chi connectivity index (χ4n) is 1.22. The Kier molecular flexibility index (Phi) is 3.29. The number of nitrogens with one attached hydrogen (secondary N) is 2. The van der Waals surface area contributed by atoms with Gasteiger partial charge in [-0.15, -0.1) is 10.2 Å². The van der Waals surface area contributed by atoms with Gasteiger partial charge in [-0.2, -0.15) is 0 Å². The third-order valence-electron chi connectivity index (χ3n) is 1.97. The van der Waals surface area contributed by atoms with Gasteiger partial charge < -0.3 is 10.6 Å². The topological polar surface area (TPSA) is 79.8 Å². The summed E-state index contributed by atoms with van der Waals surface area (Å²) in [5, 5.41) is 14.0. The first kappa shape index (κ1) is 11.5. The number of amides is 1. The van der Waals surface area contributed by atoms with Crippen molar-refractivity contribution in [3.63, 3.8) is 0 Å². The number of anilines is 2. The minimum absolute atomic E-state index is 0.281. The Hall–Kier alpha value is -2.02. The molecule has 17 heavy (non-hydrogen) atoms. The zero-order valence-corrected chi connectivity index (χ0v) is 10.2. The first-order valence-electron chi connectivity index (χ1n) is 4.93. The molecule has 7 heteroatoms. The van der Waals surface area contributed by atoms with E-state index in [4.69, 9.17) is 0 Å². The Morgan fingerprint density at radius 2 is 2.18 bits per heavy atom. The van der Waals surface area contributed by atoms with Crippen LogP contribution in [-0.2, 0) is 0 Å². The quantitative estimate of drug-likeness (QED) is 0.862. The van der Waals surface area contributed by atoms with Crippen LogP contribution in [0.5, 0.6) is 0 Å². The van der Waals surface area contributed by atoms with Crippen LogP contribution in [0.3, 0.4) is 0 Å². The molecule has 0 aliphatic heterocycles. The number of hydrogen-bond acceptors (Lipinski definition) is 6. The van der Waals surface area contributed by atoms with Crippen LogP contribution in [-0.4, -0.2) is 28.1 Å². The number of carbonyl (C=O) groups is 1. The standard InChI is InChI=1S/C10H11N5OS/c1-6-3-7(5-12-4-6)13-8(16)9-14-15-10(11-2)17-9/h3-5H,1-2H3,(H,11,15)(H,13,16). The molecular formula is C10H11N5OS. The SMILES string of the molecule is CNc1nnc(C(=O)Nc2cncc(C)c2)s1. The number of nitrogens with zero attached hydrogens (tertiary/aromatic N) is 3. The average Bonchev–Trinajstić information content (AvgIpc) is 2.77. The molecule has 0 saturated carbocycles. The second kappa shape index (κ2) is 4.88. The molecule has 2 N–H and O–H groups in total. The van der Waals surface area contributed by atoms with Crippen LogP contribution in [0.25, 0.3) is 0 Å². The highest BCUT2D eigenvalue weighted by molar-refractivity contribution is 7.17. The lowest BCUT2D eigenvalue weighted by Crippen LogP contribution is -2.11. The van der Waals surface area contributed by atoms with Gasteiger partial charge in [-0.1, -0.05) is 11.3 Å². The van der Waals surface area contributed by atoms with Gasteiger partial charge in [0.15, 0.2) is 0 Å². The van der Waals surface area contributed by atoms with E-state index in [1.54, 1.807) is 19.4 Å². The Morgan fingerprint density at radius 3 is 2.82 bits per heavy atom. The van der Waals surface area contributed by atoms with E-state index in [0.717, 1.165) is 5.56 Å². The summed E-state index contributed by atoms with van der Waals surface area (Å²) in [5.74, 6) is -0.281. The van der Waals surface area contributed by atoms with Crippen LogP contribution in [0.2, 0.25) is 0 Å². The maximum atomic E-state index is 11.8. The Morgan fingerprint density at radius 1 is 1.35 bits per heavy atom. The van der Waals surface area contributed by atoms with Gasteiger partial charge in [0.1, 0.15) is 0 Å². The van der Waals surface area contributed by atoms with Crippen LogP contribution >= 0.6 is 11.3 Å². The molecule has 6 nitrogen and oxygen atoms in total. The second-order valence-electron chi connectivity index (χ2n) is 3.37. The minimum Gasteiger partial charge on any atom is -0.363 e. The van der Waals surface area contributed by atoms with Crippen molar-refractivity contribution in [3.05, 3.63) is 29.0 Å². The maximum absolute atomic E-state index is 11.8. The van der Waals surface area contributed by atoms with Gasteiger partial charge in [0.05, 0.1) is 11.9 Å². The van der Waals surface area contributed by atoms with Crippen molar-refractivity contribution in [2.75, 3.05) is 17.7 Å². The van der Waals surface area contributed by atoms with Crippen LogP contribution in [0.1, 0.15) is 15.4 Å². The third kappa shape index (κ3) is 2.76. The van der Waals surface area contributed by atoms with E-state index in [-0.39, 0.29) is 5.91 Å². The summed E-state index contributed by atoms with van der Waals surface area (Å²) in [4.78, 5) is 15.8. The van der Waals surface area contributed by atoms with E-state index in [1.807, 2.05) is 13.0 Å². The van der Waals surface area contributed by atoms with Gasteiger partial charge in [-0.25, -0.2) is 0 Å². The van der Waals surface area contributed by atoms with Gasteiger partial charge in [0.25, 0.3) is 5.91 Å². The number of carbonyl (C=O) groups excluding carboxylic acids is 1. The molecule has 88 valence electrons. The molecule has 0 bridgehead atoms. The molecule has 0 atom stereocenters. The normalized spacial score (nSPS) is 10.0. The highest BCUT2D eigenvalue weighted by atomic mass is 32.1. The fourth-order valence-corrected chi connectivity index (χ4v) is 1.82. The molecular weight excluding hydrogens is 238 g/mol. The van der Waals surface area contributed by atoms with Crippen LogP contribution < -0.4 is 10.6 Å². The highest BCUT2D eigenvalue weighted by Gasteiger charge is 2.12. The monoisotopic (exact) mass is 249 g/mol. The van der Waals surface area contributed by atoms with Crippen molar-refractivity contribution in [3.8, 4) is 0 Å². The predicted molar refractivity (Wildman–Crippen MR) is 66.4 cm³/mol. The zero-order chi connectivity index (χ0) is 12.3. The number of hydrogen-bond donors (Lipinski definition) is 2. The first-order valence-corrected chi connectivity index (χ1v) is 5.75. The zero-order valence-electron chi connectivity index (χ0n) is 9.39. The summed E-state index contributed by atoms with van der Waals surface area (Å²) in [7, 11) is 1.73. The number of aryl methyl sites for hydroxylation is 1. The van der Waals surface area contributed by atoms with Crippen molar-refractivity contribution >= 4 is 28.1 Å². The van der Waals surface area contributed by atoms with Gasteiger partial charge >= 0.3 is 0 Å². The van der Waals surface area contributed by atoms with Crippen LogP contribution in [0, 0.1) is 6.92 Å². The number of rotatable bonds is 3. The van der Waals surface area contributed by atoms with Crippen LogP contribution in [0.4, 0.5) is 10.8 Å². The summed E-state index contributed by atoms with van der Waals surface area (Å²) in [6.45, 7) is 1.91. The highest BCUT2D eigenvalue weighted by Crippen LogP contribution is 2.16. The van der Waals surface area contributed by atoms with Gasteiger partial charge in [-0.3, -0.25) is 9.78 Å². The largest absolute Gasteiger partial charge is 0.363 e. The van der Waals surface area contributed by atoms with E-state index < -0.39 is 0 Å². The summed E-state index contributed by atoms with van der Waals surface area (Å²) in [6, 6.07) is 1.84. The smallest absolute Gasteiger partial charge is 0.286 e. The molecule has 2 aromatic rings. The summed E-state index contributed by atoms with van der Waals surface area (Å²) in [6.07, 6.45) is 3.31. The molecule has 0 fully saturated rings. The molecule has 0 unspecified atom stereocenters. The Bertz CT molecular complexity index is 539. The van der Waals surface area contributed by atoms with E-state index in [1.165, 1.54) is 11.3 Å². The summed E-state index contributed by atoms with van der Waals surface area (Å²) >= 11 is 1.20. The molecule has 2 aromatic heterocycles. The number of aromatic nitrogens is 3. The lowest BCUT2D eigenvalue weighted by atomic mass is 10.3. The van der Waals surface area contributed by atoms with Gasteiger partial charge in [-0.05, 0) is 18.6 Å². The molecule has 2 heterocycles. The minimum atomic E-state index is -0.281. The molecule has 0 aliphatic rings. The van der Waals surface area contributed by atoms with Crippen molar-refractivity contribution in [1.82, 2.24) is 15.2 Å². The van der Waals surface area contributed by atoms with Crippen molar-refractivity contribution in [2.45, 2.75) is 6.92 Å². The van der Waals surface area contributed by atoms with Gasteiger partial charge in [0, 0.05) is 13.2 Å². The first-order chi connectivity index (χ1) is 8.19. The molecule has 0 spiro atoms. The predicted octanol–water partition coefficient (Wildman–Crippen LogP) is 1.54. The lowest BCUT2D eigenvalue weighted by Gasteiger charge is -2.02. The third-order valence-corrected chi connectivity index (χ3v) is 2.91. The summed E-state index contributed by atoms with van der Waals surface area (Å²) < 4.78 is 0. The van der Waals surface area contributed by atoms with Crippen LogP contribution in [0.15, 0.2) is 18.5 Å². The fraction of sp³-hybridized carbons (Fsp3) is 0.200. The Balaban J connectivity index is 2.11. The molecule has 2 rings (SSSR count). The van der Waals surface area contributed by atoms with E-state index in [0.29, 0.717) is 15.8 Å². The maximum Gasteiger partial charge on any atom is 0.286 e. The lowest BCUT2D eigenvalue weighted by molar-refractivity contribution is 0.102. The Labute approximate surface area is 102 Å². The molecule has 0 aliphatic carbocycles. The van der Waals surface area contributed by atoms with Crippen molar-refractivity contribution in [1.29, 1.82) is 0 Å². The average molecular weight is 249 g/mol. The van der Waals surface area contributed by atoms with Crippen molar-refractivity contribution < 1.29 is 4.79 Å². The van der Waals surface area contributed by atoms with Gasteiger partial charge in [0.2, 0.25) is 10.1 Å². The number of pyridine rings is 1. The van der Waals surface area contributed by atoms with E-state index in [9.17, 15) is 4.79 Å². The molecule has 1 amide bonds. The summed E-state index contributed by atoms with van der Waals surface area (Å²) in [5.41, 5.74) is 1.63. The van der Waals surface area contributed by atoms with Crippen molar-refractivity contribution in [2.24, 2.45) is 0 Å². The molecule has 0 saturated heterocycles.